The Morgan fingerprint density at radius 1 is 0.889 bits per heavy atom. The Labute approximate surface area is 104 Å². The number of aryl methyl sites for hydroxylation is 1. The summed E-state index contributed by atoms with van der Waals surface area (Å²) in [5.41, 5.74) is 2.62. The summed E-state index contributed by atoms with van der Waals surface area (Å²) in [4.78, 5) is 12.8. The van der Waals surface area contributed by atoms with Gasteiger partial charge in [0.2, 0.25) is 5.88 Å². The van der Waals surface area contributed by atoms with Gasteiger partial charge in [-0.1, -0.05) is 12.1 Å². The maximum atomic E-state index is 5.61. The van der Waals surface area contributed by atoms with Gasteiger partial charge in [0.25, 0.3) is 0 Å². The molecule has 0 radical (unpaired) electrons. The van der Waals surface area contributed by atoms with Gasteiger partial charge in [0.1, 0.15) is 5.75 Å². The van der Waals surface area contributed by atoms with Gasteiger partial charge in [0, 0.05) is 5.69 Å². The average molecular weight is 237 g/mol. The van der Waals surface area contributed by atoms with Crippen LogP contribution in [-0.4, -0.2) is 15.0 Å². The normalized spacial score (nSPS) is 10.5. The molecule has 0 aliphatic carbocycles. The number of para-hydroxylation sites is 2. The van der Waals surface area contributed by atoms with E-state index in [0.717, 1.165) is 16.7 Å². The number of ether oxygens (including phenoxy) is 1. The van der Waals surface area contributed by atoms with Crippen molar-refractivity contribution < 1.29 is 4.74 Å². The van der Waals surface area contributed by atoms with Crippen LogP contribution in [0, 0.1) is 6.92 Å². The van der Waals surface area contributed by atoms with Crippen LogP contribution in [0.1, 0.15) is 5.69 Å². The summed E-state index contributed by atoms with van der Waals surface area (Å²) in [5, 5.41) is 0. The molecule has 0 spiro atoms. The molecule has 0 atom stereocenters. The van der Waals surface area contributed by atoms with Gasteiger partial charge in [-0.05, 0) is 31.2 Å². The summed E-state index contributed by atoms with van der Waals surface area (Å²) < 4.78 is 5.61. The Balaban J connectivity index is 1.92. The maximum absolute atomic E-state index is 5.61. The van der Waals surface area contributed by atoms with Crippen LogP contribution < -0.4 is 4.74 Å². The minimum atomic E-state index is 0.472. The molecule has 0 fully saturated rings. The topological polar surface area (TPSA) is 47.9 Å². The molecule has 0 saturated carbocycles. The fourth-order valence-corrected chi connectivity index (χ4v) is 1.62. The van der Waals surface area contributed by atoms with Gasteiger partial charge in [-0.3, -0.25) is 4.98 Å². The van der Waals surface area contributed by atoms with E-state index in [-0.39, 0.29) is 0 Å². The molecule has 88 valence electrons. The Morgan fingerprint density at radius 2 is 1.72 bits per heavy atom. The van der Waals surface area contributed by atoms with Crippen molar-refractivity contribution in [2.45, 2.75) is 6.92 Å². The third kappa shape index (κ3) is 2.13. The van der Waals surface area contributed by atoms with Gasteiger partial charge < -0.3 is 4.74 Å². The van der Waals surface area contributed by atoms with Crippen molar-refractivity contribution in [2.75, 3.05) is 0 Å². The largest absolute Gasteiger partial charge is 0.436 e. The minimum Gasteiger partial charge on any atom is -0.436 e. The second-order valence-electron chi connectivity index (χ2n) is 3.93. The van der Waals surface area contributed by atoms with Crippen LogP contribution in [0.25, 0.3) is 11.0 Å². The number of hydrogen-bond acceptors (Lipinski definition) is 4. The predicted octanol–water partition coefficient (Wildman–Crippen LogP) is 3.13. The van der Waals surface area contributed by atoms with E-state index in [2.05, 4.69) is 15.0 Å². The highest BCUT2D eigenvalue weighted by atomic mass is 16.5. The summed E-state index contributed by atoms with van der Waals surface area (Å²) in [6, 6.07) is 11.4. The van der Waals surface area contributed by atoms with Crippen LogP contribution in [0.3, 0.4) is 0 Å². The lowest BCUT2D eigenvalue weighted by atomic mass is 10.3. The fraction of sp³-hybridized carbons (Fsp3) is 0.0714. The SMILES string of the molecule is Cc1ccc(Oc2cnc3ccccc3n2)cn1. The molecule has 0 amide bonds. The van der Waals surface area contributed by atoms with Crippen LogP contribution >= 0.6 is 0 Å². The first-order chi connectivity index (χ1) is 8.81. The molecule has 3 rings (SSSR count). The zero-order valence-corrected chi connectivity index (χ0v) is 9.87. The van der Waals surface area contributed by atoms with Gasteiger partial charge in [-0.15, -0.1) is 0 Å². The number of nitrogens with zero attached hydrogens (tertiary/aromatic N) is 3. The first-order valence-corrected chi connectivity index (χ1v) is 5.63. The number of rotatable bonds is 2. The molecule has 4 nitrogen and oxygen atoms in total. The van der Waals surface area contributed by atoms with E-state index in [9.17, 15) is 0 Å². The molecule has 0 N–H and O–H groups in total. The van der Waals surface area contributed by atoms with Crippen LogP contribution in [0.15, 0.2) is 48.8 Å². The number of aromatic nitrogens is 3. The summed E-state index contributed by atoms with van der Waals surface area (Å²) in [6.07, 6.45) is 3.29. The molecule has 0 bridgehead atoms. The molecule has 0 aliphatic rings. The molecule has 2 aromatic heterocycles. The molecular formula is C14H11N3O. The van der Waals surface area contributed by atoms with Crippen molar-refractivity contribution in [1.29, 1.82) is 0 Å². The molecule has 18 heavy (non-hydrogen) atoms. The second-order valence-corrected chi connectivity index (χ2v) is 3.93. The van der Waals surface area contributed by atoms with Crippen molar-refractivity contribution in [3.05, 3.63) is 54.5 Å². The van der Waals surface area contributed by atoms with Crippen molar-refractivity contribution in [2.24, 2.45) is 0 Å². The van der Waals surface area contributed by atoms with Crippen molar-refractivity contribution in [3.63, 3.8) is 0 Å². The van der Waals surface area contributed by atoms with E-state index in [1.54, 1.807) is 12.4 Å². The van der Waals surface area contributed by atoms with E-state index < -0.39 is 0 Å². The van der Waals surface area contributed by atoms with E-state index in [1.807, 2.05) is 43.3 Å². The lowest BCUT2D eigenvalue weighted by Crippen LogP contribution is -1.91. The lowest BCUT2D eigenvalue weighted by molar-refractivity contribution is 0.460. The molecular weight excluding hydrogens is 226 g/mol. The minimum absolute atomic E-state index is 0.472. The smallest absolute Gasteiger partial charge is 0.238 e. The van der Waals surface area contributed by atoms with Crippen molar-refractivity contribution in [3.8, 4) is 11.6 Å². The molecule has 4 heteroatoms. The van der Waals surface area contributed by atoms with Crippen molar-refractivity contribution >= 4 is 11.0 Å². The second kappa shape index (κ2) is 4.41. The summed E-state index contributed by atoms with van der Waals surface area (Å²) in [6.45, 7) is 1.93. The number of benzene rings is 1. The number of pyridine rings is 1. The van der Waals surface area contributed by atoms with E-state index >= 15 is 0 Å². The van der Waals surface area contributed by atoms with Gasteiger partial charge in [0.15, 0.2) is 0 Å². The zero-order chi connectivity index (χ0) is 12.4. The Hall–Kier alpha value is -2.49. The first-order valence-electron chi connectivity index (χ1n) is 5.63. The molecule has 0 unspecified atom stereocenters. The number of hydrogen-bond donors (Lipinski definition) is 0. The molecule has 1 aromatic carbocycles. The van der Waals surface area contributed by atoms with Gasteiger partial charge in [-0.25, -0.2) is 9.97 Å². The molecule has 3 aromatic rings. The maximum Gasteiger partial charge on any atom is 0.238 e. The zero-order valence-electron chi connectivity index (χ0n) is 9.87. The quantitative estimate of drug-likeness (QED) is 0.687. The highest BCUT2D eigenvalue weighted by molar-refractivity contribution is 5.74. The molecule has 2 heterocycles. The third-order valence-electron chi connectivity index (χ3n) is 2.53. The predicted molar refractivity (Wildman–Crippen MR) is 68.6 cm³/mol. The van der Waals surface area contributed by atoms with Crippen LogP contribution in [-0.2, 0) is 0 Å². The highest BCUT2D eigenvalue weighted by Crippen LogP contribution is 2.19. The average Bonchev–Trinajstić information content (AvgIpc) is 2.41. The van der Waals surface area contributed by atoms with E-state index in [4.69, 9.17) is 4.74 Å². The Bertz CT molecular complexity index is 680. The summed E-state index contributed by atoms with van der Waals surface area (Å²) in [5.74, 6) is 1.13. The van der Waals surface area contributed by atoms with Gasteiger partial charge in [-0.2, -0.15) is 0 Å². The van der Waals surface area contributed by atoms with Crippen molar-refractivity contribution in [1.82, 2.24) is 15.0 Å². The standard InChI is InChI=1S/C14H11N3O/c1-10-6-7-11(8-15-10)18-14-9-16-12-4-2-3-5-13(12)17-14/h2-9H,1H3. The first kappa shape index (κ1) is 10.7. The Morgan fingerprint density at radius 3 is 2.50 bits per heavy atom. The summed E-state index contributed by atoms with van der Waals surface area (Å²) in [7, 11) is 0. The number of fused-ring (bicyclic) bond motifs is 1. The third-order valence-corrected chi connectivity index (χ3v) is 2.53. The van der Waals surface area contributed by atoms with E-state index in [0.29, 0.717) is 11.6 Å². The van der Waals surface area contributed by atoms with E-state index in [1.165, 1.54) is 0 Å². The monoisotopic (exact) mass is 237 g/mol. The molecule has 0 aliphatic heterocycles. The van der Waals surface area contributed by atoms with Gasteiger partial charge >= 0.3 is 0 Å². The van der Waals surface area contributed by atoms with Crippen LogP contribution in [0.5, 0.6) is 11.6 Å². The van der Waals surface area contributed by atoms with Crippen LogP contribution in [0.2, 0.25) is 0 Å². The summed E-state index contributed by atoms with van der Waals surface area (Å²) >= 11 is 0. The Kier molecular flexibility index (Phi) is 2.61. The van der Waals surface area contributed by atoms with Gasteiger partial charge in [0.05, 0.1) is 23.4 Å². The molecule has 0 saturated heterocycles. The van der Waals surface area contributed by atoms with Crippen LogP contribution in [0.4, 0.5) is 0 Å². The fourth-order valence-electron chi connectivity index (χ4n) is 1.62. The lowest BCUT2D eigenvalue weighted by Gasteiger charge is -2.04. The highest BCUT2D eigenvalue weighted by Gasteiger charge is 2.01.